The predicted molar refractivity (Wildman–Crippen MR) is 103 cm³/mol. The minimum Gasteiger partial charge on any atom is -0.484 e. The van der Waals surface area contributed by atoms with Gasteiger partial charge < -0.3 is 19.5 Å². The minimum atomic E-state index is -0.110. The van der Waals surface area contributed by atoms with Gasteiger partial charge in [0.1, 0.15) is 17.2 Å². The van der Waals surface area contributed by atoms with E-state index in [1.165, 1.54) is 0 Å². The molecule has 0 unspecified atom stereocenters. The number of carbonyl (C=O) groups is 1. The number of rotatable bonds is 9. The van der Waals surface area contributed by atoms with E-state index < -0.39 is 0 Å². The molecule has 3 rings (SSSR count). The average Bonchev–Trinajstić information content (AvgIpc) is 2.72. The standard InChI is InChI=1S/C21H26N2O4/c24-21(22-11-4-12-23-13-15-25-16-14-23)17-26-18-7-9-20(10-8-18)27-19-5-2-1-3-6-19/h1-3,5-10H,4,11-17H2,(H,22,24). The number of carbonyl (C=O) groups excluding carboxylic acids is 1. The van der Waals surface area contributed by atoms with Gasteiger partial charge in [0.2, 0.25) is 0 Å². The number of amides is 1. The van der Waals surface area contributed by atoms with Gasteiger partial charge in [-0.2, -0.15) is 0 Å². The van der Waals surface area contributed by atoms with Gasteiger partial charge in [-0.1, -0.05) is 18.2 Å². The first kappa shape index (κ1) is 19.2. The van der Waals surface area contributed by atoms with E-state index in [0.29, 0.717) is 12.3 Å². The molecule has 1 fully saturated rings. The molecule has 6 heteroatoms. The molecular formula is C21H26N2O4. The summed E-state index contributed by atoms with van der Waals surface area (Å²) >= 11 is 0. The van der Waals surface area contributed by atoms with Gasteiger partial charge in [0.05, 0.1) is 13.2 Å². The van der Waals surface area contributed by atoms with E-state index in [4.69, 9.17) is 14.2 Å². The Morgan fingerprint density at radius 1 is 0.963 bits per heavy atom. The molecule has 0 aromatic heterocycles. The molecule has 2 aromatic rings. The summed E-state index contributed by atoms with van der Waals surface area (Å²) in [4.78, 5) is 14.2. The smallest absolute Gasteiger partial charge is 0.257 e. The molecule has 0 bridgehead atoms. The molecule has 1 amide bonds. The summed E-state index contributed by atoms with van der Waals surface area (Å²) < 4.78 is 16.6. The number of nitrogens with one attached hydrogen (secondary N) is 1. The van der Waals surface area contributed by atoms with E-state index >= 15 is 0 Å². The third-order valence-electron chi connectivity index (χ3n) is 4.25. The van der Waals surface area contributed by atoms with Gasteiger partial charge in [0.15, 0.2) is 6.61 Å². The van der Waals surface area contributed by atoms with Gasteiger partial charge in [-0.05, 0) is 49.4 Å². The van der Waals surface area contributed by atoms with E-state index in [9.17, 15) is 4.79 Å². The van der Waals surface area contributed by atoms with E-state index in [-0.39, 0.29) is 12.5 Å². The van der Waals surface area contributed by atoms with Crippen LogP contribution in [0.3, 0.4) is 0 Å². The van der Waals surface area contributed by atoms with Crippen LogP contribution in [0.25, 0.3) is 0 Å². The van der Waals surface area contributed by atoms with Crippen LogP contribution in [0.15, 0.2) is 54.6 Å². The van der Waals surface area contributed by atoms with Crippen molar-refractivity contribution in [1.29, 1.82) is 0 Å². The van der Waals surface area contributed by atoms with Crippen LogP contribution >= 0.6 is 0 Å². The molecular weight excluding hydrogens is 344 g/mol. The number of nitrogens with zero attached hydrogens (tertiary/aromatic N) is 1. The van der Waals surface area contributed by atoms with Crippen molar-refractivity contribution in [3.63, 3.8) is 0 Å². The van der Waals surface area contributed by atoms with Crippen LogP contribution in [-0.2, 0) is 9.53 Å². The molecule has 2 aromatic carbocycles. The zero-order valence-corrected chi connectivity index (χ0v) is 15.4. The molecule has 1 aliphatic heterocycles. The largest absolute Gasteiger partial charge is 0.484 e. The molecule has 0 aliphatic carbocycles. The molecule has 1 saturated heterocycles. The second-order valence-electron chi connectivity index (χ2n) is 6.33. The van der Waals surface area contributed by atoms with Crippen molar-refractivity contribution < 1.29 is 19.0 Å². The highest BCUT2D eigenvalue weighted by molar-refractivity contribution is 5.77. The van der Waals surface area contributed by atoms with Crippen molar-refractivity contribution in [2.24, 2.45) is 0 Å². The van der Waals surface area contributed by atoms with E-state index in [0.717, 1.165) is 50.8 Å². The number of benzene rings is 2. The molecule has 0 atom stereocenters. The van der Waals surface area contributed by atoms with Crippen LogP contribution < -0.4 is 14.8 Å². The van der Waals surface area contributed by atoms with Crippen molar-refractivity contribution in [3.05, 3.63) is 54.6 Å². The fourth-order valence-electron chi connectivity index (χ4n) is 2.78. The van der Waals surface area contributed by atoms with Gasteiger partial charge in [-0.15, -0.1) is 0 Å². The first-order valence-corrected chi connectivity index (χ1v) is 9.32. The second kappa shape index (κ2) is 10.5. The van der Waals surface area contributed by atoms with Crippen molar-refractivity contribution in [3.8, 4) is 17.2 Å². The Morgan fingerprint density at radius 2 is 1.63 bits per heavy atom. The number of hydrogen-bond donors (Lipinski definition) is 1. The lowest BCUT2D eigenvalue weighted by molar-refractivity contribution is -0.123. The highest BCUT2D eigenvalue weighted by Crippen LogP contribution is 2.23. The van der Waals surface area contributed by atoms with E-state index in [2.05, 4.69) is 10.2 Å². The van der Waals surface area contributed by atoms with Crippen LogP contribution in [0, 0.1) is 0 Å². The quantitative estimate of drug-likeness (QED) is 0.688. The number of ether oxygens (including phenoxy) is 3. The SMILES string of the molecule is O=C(COc1ccc(Oc2ccccc2)cc1)NCCCN1CCOCC1. The summed E-state index contributed by atoms with van der Waals surface area (Å²) in [6.45, 7) is 5.19. The number of hydrogen-bond acceptors (Lipinski definition) is 5. The molecule has 1 N–H and O–H groups in total. The Kier molecular flexibility index (Phi) is 7.50. The zero-order valence-electron chi connectivity index (χ0n) is 15.4. The van der Waals surface area contributed by atoms with E-state index in [1.54, 1.807) is 12.1 Å². The molecule has 1 heterocycles. The van der Waals surface area contributed by atoms with Gasteiger partial charge >= 0.3 is 0 Å². The minimum absolute atomic E-state index is 0.0104. The fourth-order valence-corrected chi connectivity index (χ4v) is 2.78. The zero-order chi connectivity index (χ0) is 18.7. The molecule has 144 valence electrons. The molecule has 0 spiro atoms. The van der Waals surface area contributed by atoms with Gasteiger partial charge in [0.25, 0.3) is 5.91 Å². The van der Waals surface area contributed by atoms with Crippen molar-refractivity contribution in [1.82, 2.24) is 10.2 Å². The normalized spacial score (nSPS) is 14.5. The molecule has 1 aliphatic rings. The third kappa shape index (κ3) is 6.92. The van der Waals surface area contributed by atoms with Crippen LogP contribution in [-0.4, -0.2) is 56.8 Å². The summed E-state index contributed by atoms with van der Waals surface area (Å²) in [6.07, 6.45) is 0.928. The summed E-state index contributed by atoms with van der Waals surface area (Å²) in [5.41, 5.74) is 0. The van der Waals surface area contributed by atoms with Gasteiger partial charge in [-0.25, -0.2) is 0 Å². The number of morpholine rings is 1. The predicted octanol–water partition coefficient (Wildman–Crippen LogP) is 2.70. The molecule has 0 radical (unpaired) electrons. The lowest BCUT2D eigenvalue weighted by Crippen LogP contribution is -2.38. The third-order valence-corrected chi connectivity index (χ3v) is 4.25. The van der Waals surface area contributed by atoms with Gasteiger partial charge in [-0.3, -0.25) is 9.69 Å². The molecule has 0 saturated carbocycles. The summed E-state index contributed by atoms with van der Waals surface area (Å²) in [5.74, 6) is 2.03. The first-order valence-electron chi connectivity index (χ1n) is 9.32. The maximum absolute atomic E-state index is 11.9. The van der Waals surface area contributed by atoms with Crippen molar-refractivity contribution >= 4 is 5.91 Å². The first-order chi connectivity index (χ1) is 13.3. The highest BCUT2D eigenvalue weighted by atomic mass is 16.5. The summed E-state index contributed by atoms with van der Waals surface area (Å²) in [7, 11) is 0. The summed E-state index contributed by atoms with van der Waals surface area (Å²) in [6, 6.07) is 16.8. The average molecular weight is 370 g/mol. The maximum Gasteiger partial charge on any atom is 0.257 e. The highest BCUT2D eigenvalue weighted by Gasteiger charge is 2.09. The topological polar surface area (TPSA) is 60.0 Å². The summed E-state index contributed by atoms with van der Waals surface area (Å²) in [5, 5.41) is 2.89. The van der Waals surface area contributed by atoms with E-state index in [1.807, 2.05) is 42.5 Å². The lowest BCUT2D eigenvalue weighted by atomic mass is 10.3. The van der Waals surface area contributed by atoms with Crippen LogP contribution in [0.2, 0.25) is 0 Å². The van der Waals surface area contributed by atoms with Crippen molar-refractivity contribution in [2.45, 2.75) is 6.42 Å². The maximum atomic E-state index is 11.9. The van der Waals surface area contributed by atoms with Crippen LogP contribution in [0.1, 0.15) is 6.42 Å². The monoisotopic (exact) mass is 370 g/mol. The fraction of sp³-hybridized carbons (Fsp3) is 0.381. The Balaban J connectivity index is 1.31. The lowest BCUT2D eigenvalue weighted by Gasteiger charge is -2.26. The number of para-hydroxylation sites is 1. The Labute approximate surface area is 160 Å². The van der Waals surface area contributed by atoms with Crippen molar-refractivity contribution in [2.75, 3.05) is 46.0 Å². The Bertz CT molecular complexity index is 685. The molecule has 27 heavy (non-hydrogen) atoms. The Morgan fingerprint density at radius 3 is 2.37 bits per heavy atom. The van der Waals surface area contributed by atoms with Crippen LogP contribution in [0.5, 0.6) is 17.2 Å². The van der Waals surface area contributed by atoms with Gasteiger partial charge in [0, 0.05) is 19.6 Å². The Hall–Kier alpha value is -2.57. The second-order valence-corrected chi connectivity index (χ2v) is 6.33. The van der Waals surface area contributed by atoms with Crippen LogP contribution in [0.4, 0.5) is 0 Å². The molecule has 6 nitrogen and oxygen atoms in total.